The molecule has 1 rings (SSSR count). The predicted molar refractivity (Wildman–Crippen MR) is 35.7 cm³/mol. The van der Waals surface area contributed by atoms with Crippen molar-refractivity contribution >= 4 is 11.4 Å². The Hall–Kier alpha value is -1.38. The van der Waals surface area contributed by atoms with Crippen molar-refractivity contribution in [1.29, 1.82) is 5.53 Å². The van der Waals surface area contributed by atoms with Gasteiger partial charge >= 0.3 is 0 Å². The van der Waals surface area contributed by atoms with Gasteiger partial charge in [-0.3, -0.25) is 0 Å². The molecule has 0 fully saturated rings. The van der Waals surface area contributed by atoms with Crippen molar-refractivity contribution in [3.05, 3.63) is 24.3 Å². The summed E-state index contributed by atoms with van der Waals surface area (Å²) < 4.78 is 0. The minimum Gasteiger partial charge on any atom is -0.399 e. The van der Waals surface area contributed by atoms with Crippen LogP contribution in [0.4, 0.5) is 11.4 Å². The highest BCUT2D eigenvalue weighted by Gasteiger charge is 1.84. The van der Waals surface area contributed by atoms with Gasteiger partial charge in [0.25, 0.3) is 0 Å². The van der Waals surface area contributed by atoms with Crippen LogP contribution in [0.15, 0.2) is 29.4 Å². The SMILES string of the molecule is N=Nc1ccc(N)cc1. The minimum atomic E-state index is 0.629. The molecule has 9 heavy (non-hydrogen) atoms. The van der Waals surface area contributed by atoms with Gasteiger partial charge in [0.2, 0.25) is 0 Å². The van der Waals surface area contributed by atoms with E-state index in [1.54, 1.807) is 24.3 Å². The third kappa shape index (κ3) is 1.25. The molecule has 3 nitrogen and oxygen atoms in total. The highest BCUT2D eigenvalue weighted by molar-refractivity contribution is 5.46. The maximum atomic E-state index is 6.60. The van der Waals surface area contributed by atoms with Crippen LogP contribution in [0.5, 0.6) is 0 Å². The van der Waals surface area contributed by atoms with E-state index in [1.807, 2.05) is 0 Å². The van der Waals surface area contributed by atoms with Crippen molar-refractivity contribution in [2.45, 2.75) is 0 Å². The normalized spacial score (nSPS) is 8.89. The second kappa shape index (κ2) is 2.26. The van der Waals surface area contributed by atoms with Gasteiger partial charge in [-0.25, -0.2) is 5.53 Å². The molecular formula is C6H7N3. The number of nitrogens with zero attached hydrogens (tertiary/aromatic N) is 1. The molecule has 0 unspecified atom stereocenters. The van der Waals surface area contributed by atoms with E-state index in [2.05, 4.69) is 5.11 Å². The first-order valence-corrected chi connectivity index (χ1v) is 2.56. The Morgan fingerprint density at radius 3 is 2.22 bits per heavy atom. The van der Waals surface area contributed by atoms with Gasteiger partial charge in [0.15, 0.2) is 0 Å². The molecule has 0 saturated carbocycles. The maximum Gasteiger partial charge on any atom is 0.0851 e. The molecule has 0 atom stereocenters. The summed E-state index contributed by atoms with van der Waals surface area (Å²) in [5.41, 5.74) is 13.3. The van der Waals surface area contributed by atoms with Crippen molar-refractivity contribution < 1.29 is 0 Å². The second-order valence-corrected chi connectivity index (χ2v) is 1.70. The number of rotatable bonds is 1. The fourth-order valence-electron chi connectivity index (χ4n) is 0.549. The van der Waals surface area contributed by atoms with E-state index in [0.717, 1.165) is 0 Å². The van der Waals surface area contributed by atoms with Crippen molar-refractivity contribution in [2.24, 2.45) is 5.11 Å². The number of benzene rings is 1. The van der Waals surface area contributed by atoms with Gasteiger partial charge in [0.05, 0.1) is 5.69 Å². The van der Waals surface area contributed by atoms with Crippen LogP contribution in [-0.2, 0) is 0 Å². The Labute approximate surface area is 53.0 Å². The number of nitrogens with one attached hydrogen (secondary N) is 1. The number of hydrogen-bond donors (Lipinski definition) is 2. The topological polar surface area (TPSA) is 62.2 Å². The molecule has 1 aromatic rings. The summed E-state index contributed by atoms with van der Waals surface area (Å²) in [5.74, 6) is 0. The molecule has 0 aliphatic carbocycles. The number of hydrogen-bond acceptors (Lipinski definition) is 3. The van der Waals surface area contributed by atoms with Crippen molar-refractivity contribution in [1.82, 2.24) is 0 Å². The Bertz CT molecular complexity index is 202. The van der Waals surface area contributed by atoms with Crippen LogP contribution < -0.4 is 5.73 Å². The van der Waals surface area contributed by atoms with Gasteiger partial charge < -0.3 is 5.73 Å². The summed E-state index contributed by atoms with van der Waals surface area (Å²) in [5, 5.41) is 3.21. The van der Waals surface area contributed by atoms with E-state index in [0.29, 0.717) is 11.4 Å². The zero-order valence-electron chi connectivity index (χ0n) is 4.83. The van der Waals surface area contributed by atoms with Gasteiger partial charge in [0.1, 0.15) is 0 Å². The monoisotopic (exact) mass is 121 g/mol. The molecule has 46 valence electrons. The van der Waals surface area contributed by atoms with Crippen LogP contribution in [0.2, 0.25) is 0 Å². The number of nitrogen functional groups attached to an aromatic ring is 1. The van der Waals surface area contributed by atoms with Crippen molar-refractivity contribution in [2.75, 3.05) is 5.73 Å². The van der Waals surface area contributed by atoms with E-state index >= 15 is 0 Å². The van der Waals surface area contributed by atoms with E-state index in [-0.39, 0.29) is 0 Å². The minimum absolute atomic E-state index is 0.629. The van der Waals surface area contributed by atoms with Crippen molar-refractivity contribution in [3.8, 4) is 0 Å². The average molecular weight is 121 g/mol. The number of anilines is 1. The standard InChI is InChI=1S/C6H7N3/c7-5-1-3-6(9-8)4-2-5/h1-4,8H,7H2. The molecule has 3 N–H and O–H groups in total. The quantitative estimate of drug-likeness (QED) is 0.432. The van der Waals surface area contributed by atoms with Crippen LogP contribution in [-0.4, -0.2) is 0 Å². The Balaban J connectivity index is 3.01. The molecule has 0 spiro atoms. The molecule has 1 aromatic carbocycles. The van der Waals surface area contributed by atoms with E-state index in [1.165, 1.54) is 0 Å². The van der Waals surface area contributed by atoms with Crippen LogP contribution >= 0.6 is 0 Å². The average Bonchev–Trinajstić information content (AvgIpc) is 1.90. The molecule has 0 heterocycles. The smallest absolute Gasteiger partial charge is 0.0851 e. The lowest BCUT2D eigenvalue weighted by atomic mass is 10.3. The zero-order valence-corrected chi connectivity index (χ0v) is 4.83. The highest BCUT2D eigenvalue weighted by atomic mass is 15.0. The Morgan fingerprint density at radius 1 is 1.22 bits per heavy atom. The highest BCUT2D eigenvalue weighted by Crippen LogP contribution is 2.12. The van der Waals surface area contributed by atoms with Gasteiger partial charge in [-0.2, -0.15) is 5.11 Å². The first-order chi connectivity index (χ1) is 4.33. The zero-order chi connectivity index (χ0) is 6.69. The molecule has 0 radical (unpaired) electrons. The molecule has 0 saturated heterocycles. The summed E-state index contributed by atoms with van der Waals surface area (Å²) in [6.07, 6.45) is 0. The van der Waals surface area contributed by atoms with E-state index in [9.17, 15) is 0 Å². The van der Waals surface area contributed by atoms with Gasteiger partial charge in [-0.05, 0) is 24.3 Å². The molecule has 0 amide bonds. The summed E-state index contributed by atoms with van der Waals surface area (Å²) in [4.78, 5) is 0. The summed E-state index contributed by atoms with van der Waals surface area (Å²) in [6.45, 7) is 0. The summed E-state index contributed by atoms with van der Waals surface area (Å²) in [7, 11) is 0. The van der Waals surface area contributed by atoms with E-state index in [4.69, 9.17) is 11.3 Å². The first kappa shape index (κ1) is 5.75. The van der Waals surface area contributed by atoms with Crippen molar-refractivity contribution in [3.63, 3.8) is 0 Å². The molecule has 0 bridgehead atoms. The Kier molecular flexibility index (Phi) is 1.44. The first-order valence-electron chi connectivity index (χ1n) is 2.56. The Morgan fingerprint density at radius 2 is 1.78 bits per heavy atom. The van der Waals surface area contributed by atoms with Gasteiger partial charge in [0, 0.05) is 5.69 Å². The van der Waals surface area contributed by atoms with Crippen LogP contribution in [0.25, 0.3) is 0 Å². The summed E-state index contributed by atoms with van der Waals surface area (Å²) >= 11 is 0. The lowest BCUT2D eigenvalue weighted by Crippen LogP contribution is -1.80. The predicted octanol–water partition coefficient (Wildman–Crippen LogP) is 1.93. The fraction of sp³-hybridized carbons (Fsp3) is 0. The fourth-order valence-corrected chi connectivity index (χ4v) is 0.549. The van der Waals surface area contributed by atoms with E-state index < -0.39 is 0 Å². The van der Waals surface area contributed by atoms with Crippen LogP contribution in [0, 0.1) is 5.53 Å². The lowest BCUT2D eigenvalue weighted by Gasteiger charge is -1.90. The summed E-state index contributed by atoms with van der Waals surface area (Å²) in [6, 6.07) is 6.82. The van der Waals surface area contributed by atoms with Crippen LogP contribution in [0.1, 0.15) is 0 Å². The van der Waals surface area contributed by atoms with Gasteiger partial charge in [-0.1, -0.05) is 0 Å². The third-order valence-corrected chi connectivity index (χ3v) is 1.02. The molecule has 0 aliphatic heterocycles. The number of nitrogens with two attached hydrogens (primary N) is 1. The molecule has 3 heteroatoms. The second-order valence-electron chi connectivity index (χ2n) is 1.70. The lowest BCUT2D eigenvalue weighted by molar-refractivity contribution is 1.15. The third-order valence-electron chi connectivity index (χ3n) is 1.02. The molecular weight excluding hydrogens is 114 g/mol. The molecule has 0 aliphatic rings. The van der Waals surface area contributed by atoms with Gasteiger partial charge in [-0.15, -0.1) is 0 Å². The van der Waals surface area contributed by atoms with Crippen LogP contribution in [0.3, 0.4) is 0 Å². The molecule has 0 aromatic heterocycles. The maximum absolute atomic E-state index is 6.60. The largest absolute Gasteiger partial charge is 0.399 e.